The van der Waals surface area contributed by atoms with E-state index in [9.17, 15) is 0 Å². The molecule has 0 aliphatic rings. The zero-order valence-electron chi connectivity index (χ0n) is 8.17. The summed E-state index contributed by atoms with van der Waals surface area (Å²) in [6.45, 7) is 9.85. The molecule has 0 saturated carbocycles. The maximum atomic E-state index is 4.23. The molecule has 1 N–H and O–H groups in total. The SMILES string of the molecule is C=C/C=C(\N=CCC)NC(C)C. The normalized spacial score (nSPS) is 12.5. The maximum absolute atomic E-state index is 4.23. The second kappa shape index (κ2) is 6.65. The smallest absolute Gasteiger partial charge is 0.125 e. The first-order valence-corrected chi connectivity index (χ1v) is 4.32. The van der Waals surface area contributed by atoms with E-state index in [-0.39, 0.29) is 0 Å². The van der Waals surface area contributed by atoms with Crippen molar-refractivity contribution in [2.45, 2.75) is 33.2 Å². The van der Waals surface area contributed by atoms with Gasteiger partial charge in [-0.15, -0.1) is 0 Å². The van der Waals surface area contributed by atoms with Crippen LogP contribution < -0.4 is 5.32 Å². The summed E-state index contributed by atoms with van der Waals surface area (Å²) in [5.74, 6) is 0.877. The first-order valence-electron chi connectivity index (χ1n) is 4.32. The summed E-state index contributed by atoms with van der Waals surface area (Å²) in [6, 6.07) is 0.408. The van der Waals surface area contributed by atoms with Gasteiger partial charge in [-0.2, -0.15) is 0 Å². The molecule has 2 nitrogen and oxygen atoms in total. The fourth-order valence-corrected chi connectivity index (χ4v) is 0.725. The molecule has 68 valence electrons. The largest absolute Gasteiger partial charge is 0.368 e. The van der Waals surface area contributed by atoms with Crippen LogP contribution in [0.15, 0.2) is 29.5 Å². The predicted octanol–water partition coefficient (Wildman–Crippen LogP) is 2.49. The Morgan fingerprint density at radius 2 is 2.25 bits per heavy atom. The van der Waals surface area contributed by atoms with Gasteiger partial charge in [-0.1, -0.05) is 19.6 Å². The molecule has 12 heavy (non-hydrogen) atoms. The number of nitrogens with zero attached hydrogens (tertiary/aromatic N) is 1. The zero-order chi connectivity index (χ0) is 9.40. The van der Waals surface area contributed by atoms with E-state index in [1.54, 1.807) is 6.08 Å². The van der Waals surface area contributed by atoms with Crippen molar-refractivity contribution >= 4 is 6.21 Å². The van der Waals surface area contributed by atoms with E-state index in [1.807, 2.05) is 12.3 Å². The summed E-state index contributed by atoms with van der Waals surface area (Å²) in [5, 5.41) is 3.21. The van der Waals surface area contributed by atoms with Crippen molar-refractivity contribution in [1.29, 1.82) is 0 Å². The molecule has 0 aromatic heterocycles. The lowest BCUT2D eigenvalue weighted by molar-refractivity contribution is 0.664. The highest BCUT2D eigenvalue weighted by Crippen LogP contribution is 1.94. The summed E-state index contributed by atoms with van der Waals surface area (Å²) in [5.41, 5.74) is 0. The third-order valence-electron chi connectivity index (χ3n) is 1.13. The number of nitrogens with one attached hydrogen (secondary N) is 1. The van der Waals surface area contributed by atoms with E-state index in [0.29, 0.717) is 6.04 Å². The fourth-order valence-electron chi connectivity index (χ4n) is 0.725. The molecule has 0 bridgehead atoms. The van der Waals surface area contributed by atoms with Crippen LogP contribution in [0, 0.1) is 0 Å². The molecule has 2 heteroatoms. The Bertz CT molecular complexity index is 178. The van der Waals surface area contributed by atoms with Crippen molar-refractivity contribution in [3.63, 3.8) is 0 Å². The fraction of sp³-hybridized carbons (Fsp3) is 0.500. The molecule has 0 unspecified atom stereocenters. The molecule has 0 heterocycles. The average molecular weight is 166 g/mol. The van der Waals surface area contributed by atoms with Crippen LogP contribution in [0.3, 0.4) is 0 Å². The number of rotatable bonds is 5. The predicted molar refractivity (Wildman–Crippen MR) is 55.3 cm³/mol. The Balaban J connectivity index is 4.14. The highest BCUT2D eigenvalue weighted by molar-refractivity contribution is 5.58. The minimum atomic E-state index is 0.408. The van der Waals surface area contributed by atoms with Crippen LogP contribution in [-0.4, -0.2) is 12.3 Å². The van der Waals surface area contributed by atoms with Crippen molar-refractivity contribution in [3.8, 4) is 0 Å². The van der Waals surface area contributed by atoms with E-state index in [0.717, 1.165) is 12.2 Å². The Kier molecular flexibility index (Phi) is 6.07. The number of aliphatic imine (C=N–C) groups is 1. The molecular formula is C10H18N2. The molecule has 0 aliphatic carbocycles. The first-order chi connectivity index (χ1) is 5.70. The standard InChI is InChI=1S/C10H18N2/c1-5-7-10(11-8-6-2)12-9(3)4/h5,7-9,12H,1,6H2,2-4H3/b10-7+,11-8?. The molecule has 0 aliphatic heterocycles. The highest BCUT2D eigenvalue weighted by atomic mass is 15.0. The molecule has 0 atom stereocenters. The number of allylic oxidation sites excluding steroid dienone is 2. The topological polar surface area (TPSA) is 24.4 Å². The molecule has 0 aromatic rings. The van der Waals surface area contributed by atoms with Crippen LogP contribution in [0.2, 0.25) is 0 Å². The Labute approximate surface area is 75.1 Å². The lowest BCUT2D eigenvalue weighted by atomic mass is 10.4. The lowest BCUT2D eigenvalue weighted by Gasteiger charge is -2.08. The van der Waals surface area contributed by atoms with Gasteiger partial charge < -0.3 is 5.32 Å². The lowest BCUT2D eigenvalue weighted by Crippen LogP contribution is -2.20. The van der Waals surface area contributed by atoms with Gasteiger partial charge in [0.05, 0.1) is 0 Å². The average Bonchev–Trinajstić information content (AvgIpc) is 2.00. The molecule has 0 fully saturated rings. The second-order valence-corrected chi connectivity index (χ2v) is 2.81. The van der Waals surface area contributed by atoms with Gasteiger partial charge in [-0.3, -0.25) is 0 Å². The summed E-state index contributed by atoms with van der Waals surface area (Å²) in [6.07, 6.45) is 6.43. The van der Waals surface area contributed by atoms with Crippen LogP contribution in [0.5, 0.6) is 0 Å². The van der Waals surface area contributed by atoms with Crippen LogP contribution in [0.25, 0.3) is 0 Å². The van der Waals surface area contributed by atoms with Crippen molar-refractivity contribution in [1.82, 2.24) is 5.32 Å². The van der Waals surface area contributed by atoms with Gasteiger partial charge in [0.2, 0.25) is 0 Å². The molecular weight excluding hydrogens is 148 g/mol. The zero-order valence-corrected chi connectivity index (χ0v) is 8.17. The van der Waals surface area contributed by atoms with Crippen LogP contribution in [0.4, 0.5) is 0 Å². The van der Waals surface area contributed by atoms with Gasteiger partial charge >= 0.3 is 0 Å². The summed E-state index contributed by atoms with van der Waals surface area (Å²) in [4.78, 5) is 4.23. The van der Waals surface area contributed by atoms with Crippen LogP contribution in [0.1, 0.15) is 27.2 Å². The van der Waals surface area contributed by atoms with Crippen molar-refractivity contribution in [3.05, 3.63) is 24.6 Å². The van der Waals surface area contributed by atoms with E-state index < -0.39 is 0 Å². The third-order valence-corrected chi connectivity index (χ3v) is 1.13. The van der Waals surface area contributed by atoms with Gasteiger partial charge in [-0.05, 0) is 26.3 Å². The summed E-state index contributed by atoms with van der Waals surface area (Å²) < 4.78 is 0. The van der Waals surface area contributed by atoms with Crippen molar-refractivity contribution < 1.29 is 0 Å². The van der Waals surface area contributed by atoms with E-state index >= 15 is 0 Å². The molecule has 0 spiro atoms. The van der Waals surface area contributed by atoms with Gasteiger partial charge in [-0.25, -0.2) is 4.99 Å². The summed E-state index contributed by atoms with van der Waals surface area (Å²) >= 11 is 0. The van der Waals surface area contributed by atoms with E-state index in [1.165, 1.54) is 0 Å². The maximum Gasteiger partial charge on any atom is 0.125 e. The Morgan fingerprint density at radius 1 is 1.58 bits per heavy atom. The molecule has 0 amide bonds. The van der Waals surface area contributed by atoms with E-state index in [2.05, 4.69) is 37.7 Å². The van der Waals surface area contributed by atoms with Crippen LogP contribution in [-0.2, 0) is 0 Å². The highest BCUT2D eigenvalue weighted by Gasteiger charge is 1.93. The Morgan fingerprint density at radius 3 is 2.67 bits per heavy atom. The van der Waals surface area contributed by atoms with Gasteiger partial charge in [0.15, 0.2) is 0 Å². The van der Waals surface area contributed by atoms with E-state index in [4.69, 9.17) is 0 Å². The Hall–Kier alpha value is -1.05. The van der Waals surface area contributed by atoms with Crippen molar-refractivity contribution in [2.24, 2.45) is 4.99 Å². The minimum Gasteiger partial charge on any atom is -0.368 e. The number of hydrogen-bond acceptors (Lipinski definition) is 2. The molecule has 0 rings (SSSR count). The van der Waals surface area contributed by atoms with Gasteiger partial charge in [0.1, 0.15) is 5.82 Å². The van der Waals surface area contributed by atoms with Gasteiger partial charge in [0, 0.05) is 12.3 Å². The third kappa shape index (κ3) is 5.71. The monoisotopic (exact) mass is 166 g/mol. The molecule has 0 saturated heterocycles. The quantitative estimate of drug-likeness (QED) is 0.492. The van der Waals surface area contributed by atoms with Crippen LogP contribution >= 0.6 is 0 Å². The molecule has 0 aromatic carbocycles. The van der Waals surface area contributed by atoms with Gasteiger partial charge in [0.25, 0.3) is 0 Å². The van der Waals surface area contributed by atoms with Crippen molar-refractivity contribution in [2.75, 3.05) is 0 Å². The summed E-state index contributed by atoms with van der Waals surface area (Å²) in [7, 11) is 0. The first kappa shape index (κ1) is 11.0. The number of hydrogen-bond donors (Lipinski definition) is 1. The molecule has 0 radical (unpaired) electrons. The minimum absolute atomic E-state index is 0.408. The second-order valence-electron chi connectivity index (χ2n) is 2.81.